The molecule has 1 aromatic carbocycles. The number of hydrogen-bond donors (Lipinski definition) is 1. The average Bonchev–Trinajstić information content (AvgIpc) is 3.13. The summed E-state index contributed by atoms with van der Waals surface area (Å²) in [4.78, 5) is 11.7. The normalized spacial score (nSPS) is 15.0. The molecule has 5 nitrogen and oxygen atoms in total. The summed E-state index contributed by atoms with van der Waals surface area (Å²) >= 11 is 0. The van der Waals surface area contributed by atoms with Gasteiger partial charge in [0.1, 0.15) is 0 Å². The van der Waals surface area contributed by atoms with E-state index >= 15 is 0 Å². The number of amides is 1. The molecule has 116 valence electrons. The van der Waals surface area contributed by atoms with E-state index in [9.17, 15) is 13.2 Å². The van der Waals surface area contributed by atoms with Gasteiger partial charge < -0.3 is 5.32 Å². The maximum atomic E-state index is 11.9. The molecule has 2 rings (SSSR count). The molecule has 21 heavy (non-hydrogen) atoms. The lowest BCUT2D eigenvalue weighted by Crippen LogP contribution is -2.31. The molecular formula is C15H22N2O3S. The van der Waals surface area contributed by atoms with Crippen LogP contribution in [0.1, 0.15) is 33.1 Å². The Balaban J connectivity index is 2.09. The highest BCUT2D eigenvalue weighted by atomic mass is 32.2. The third kappa shape index (κ3) is 4.46. The standard InChI is InChI=1S/C15H22N2O3S/c1-11(2)10-15(18)16-12-4-6-13(7-5-12)17(14-8-9-14)21(3,19)20/h4-7,11,14H,8-10H2,1-3H3,(H,16,18). The molecule has 0 atom stereocenters. The third-order valence-electron chi connectivity index (χ3n) is 3.24. The molecule has 0 aromatic heterocycles. The van der Waals surface area contributed by atoms with Crippen molar-refractivity contribution >= 4 is 27.3 Å². The Morgan fingerprint density at radius 3 is 2.29 bits per heavy atom. The number of nitrogens with one attached hydrogen (secondary N) is 1. The van der Waals surface area contributed by atoms with Crippen LogP contribution in [-0.2, 0) is 14.8 Å². The van der Waals surface area contributed by atoms with E-state index in [-0.39, 0.29) is 11.9 Å². The number of carbonyl (C=O) groups is 1. The predicted molar refractivity (Wildman–Crippen MR) is 84.9 cm³/mol. The highest BCUT2D eigenvalue weighted by molar-refractivity contribution is 7.92. The van der Waals surface area contributed by atoms with Crippen molar-refractivity contribution in [2.24, 2.45) is 5.92 Å². The highest BCUT2D eigenvalue weighted by Crippen LogP contribution is 2.34. The van der Waals surface area contributed by atoms with Gasteiger partial charge in [0.05, 0.1) is 11.9 Å². The second-order valence-corrected chi connectivity index (χ2v) is 7.84. The molecule has 0 unspecified atom stereocenters. The van der Waals surface area contributed by atoms with E-state index in [1.54, 1.807) is 24.3 Å². The summed E-state index contributed by atoms with van der Waals surface area (Å²) in [6.07, 6.45) is 3.50. The maximum absolute atomic E-state index is 11.9. The highest BCUT2D eigenvalue weighted by Gasteiger charge is 2.35. The van der Waals surface area contributed by atoms with Crippen molar-refractivity contribution in [3.63, 3.8) is 0 Å². The second-order valence-electron chi connectivity index (χ2n) is 5.98. The van der Waals surface area contributed by atoms with Gasteiger partial charge in [0.25, 0.3) is 0 Å². The Kier molecular flexibility index (Phi) is 4.56. The predicted octanol–water partition coefficient (Wildman–Crippen LogP) is 2.60. The summed E-state index contributed by atoms with van der Waals surface area (Å²) in [7, 11) is -3.26. The Bertz CT molecular complexity index is 604. The van der Waals surface area contributed by atoms with Crippen LogP contribution in [0.3, 0.4) is 0 Å². The number of rotatable bonds is 6. The summed E-state index contributed by atoms with van der Waals surface area (Å²) in [5.74, 6) is 0.278. The van der Waals surface area contributed by atoms with Gasteiger partial charge in [-0.25, -0.2) is 8.42 Å². The van der Waals surface area contributed by atoms with E-state index in [0.29, 0.717) is 23.7 Å². The van der Waals surface area contributed by atoms with Gasteiger partial charge in [-0.05, 0) is 43.0 Å². The lowest BCUT2D eigenvalue weighted by molar-refractivity contribution is -0.116. The van der Waals surface area contributed by atoms with Crippen LogP contribution in [0.15, 0.2) is 24.3 Å². The molecule has 0 saturated heterocycles. The zero-order valence-electron chi connectivity index (χ0n) is 12.7. The van der Waals surface area contributed by atoms with Gasteiger partial charge in [-0.3, -0.25) is 9.10 Å². The van der Waals surface area contributed by atoms with E-state index in [4.69, 9.17) is 0 Å². The first kappa shape index (κ1) is 15.8. The van der Waals surface area contributed by atoms with Crippen LogP contribution in [0.4, 0.5) is 11.4 Å². The van der Waals surface area contributed by atoms with Crippen molar-refractivity contribution in [2.75, 3.05) is 15.9 Å². The minimum atomic E-state index is -3.26. The van der Waals surface area contributed by atoms with Crippen molar-refractivity contribution in [3.8, 4) is 0 Å². The van der Waals surface area contributed by atoms with Gasteiger partial charge in [0.15, 0.2) is 0 Å². The molecule has 0 aliphatic heterocycles. The largest absolute Gasteiger partial charge is 0.326 e. The van der Waals surface area contributed by atoms with E-state index in [1.165, 1.54) is 10.6 Å². The Hall–Kier alpha value is -1.56. The molecule has 1 N–H and O–H groups in total. The van der Waals surface area contributed by atoms with Crippen LogP contribution in [0.25, 0.3) is 0 Å². The van der Waals surface area contributed by atoms with Crippen molar-refractivity contribution in [1.29, 1.82) is 0 Å². The summed E-state index contributed by atoms with van der Waals surface area (Å²) in [5.41, 5.74) is 1.34. The Morgan fingerprint density at radius 2 is 1.86 bits per heavy atom. The quantitative estimate of drug-likeness (QED) is 0.878. The molecule has 0 bridgehead atoms. The van der Waals surface area contributed by atoms with Crippen LogP contribution in [-0.4, -0.2) is 26.6 Å². The minimum absolute atomic E-state index is 0.0279. The van der Waals surface area contributed by atoms with Crippen molar-refractivity contribution in [2.45, 2.75) is 39.2 Å². The molecule has 0 heterocycles. The summed E-state index contributed by atoms with van der Waals surface area (Å²) in [6, 6.07) is 7.05. The van der Waals surface area contributed by atoms with Crippen LogP contribution < -0.4 is 9.62 Å². The van der Waals surface area contributed by atoms with E-state index in [2.05, 4.69) is 5.32 Å². The Labute approximate surface area is 126 Å². The van der Waals surface area contributed by atoms with Crippen LogP contribution >= 0.6 is 0 Å². The lowest BCUT2D eigenvalue weighted by atomic mass is 10.1. The number of benzene rings is 1. The van der Waals surface area contributed by atoms with Crippen molar-refractivity contribution < 1.29 is 13.2 Å². The topological polar surface area (TPSA) is 66.5 Å². The molecule has 1 aliphatic carbocycles. The second kappa shape index (κ2) is 6.05. The third-order valence-corrected chi connectivity index (χ3v) is 4.46. The first-order chi connectivity index (χ1) is 9.77. The fourth-order valence-electron chi connectivity index (χ4n) is 2.26. The fourth-order valence-corrected chi connectivity index (χ4v) is 3.51. The first-order valence-corrected chi connectivity index (χ1v) is 9.01. The monoisotopic (exact) mass is 310 g/mol. The van der Waals surface area contributed by atoms with Crippen LogP contribution in [0.5, 0.6) is 0 Å². The molecular weight excluding hydrogens is 288 g/mol. The minimum Gasteiger partial charge on any atom is -0.326 e. The Morgan fingerprint density at radius 1 is 1.29 bits per heavy atom. The molecule has 1 amide bonds. The molecule has 1 aromatic rings. The van der Waals surface area contributed by atoms with Gasteiger partial charge in [-0.15, -0.1) is 0 Å². The average molecular weight is 310 g/mol. The first-order valence-electron chi connectivity index (χ1n) is 7.16. The zero-order valence-corrected chi connectivity index (χ0v) is 13.5. The molecule has 6 heteroatoms. The number of hydrogen-bond acceptors (Lipinski definition) is 3. The van der Waals surface area contributed by atoms with Crippen molar-refractivity contribution in [1.82, 2.24) is 0 Å². The van der Waals surface area contributed by atoms with Gasteiger partial charge in [-0.1, -0.05) is 13.8 Å². The van der Waals surface area contributed by atoms with Crippen LogP contribution in [0, 0.1) is 5.92 Å². The maximum Gasteiger partial charge on any atom is 0.232 e. The summed E-state index contributed by atoms with van der Waals surface area (Å²) < 4.78 is 25.2. The summed E-state index contributed by atoms with van der Waals surface area (Å²) in [5, 5.41) is 2.82. The molecule has 1 aliphatic rings. The zero-order chi connectivity index (χ0) is 15.6. The molecule has 0 radical (unpaired) electrons. The number of carbonyl (C=O) groups excluding carboxylic acids is 1. The summed E-state index contributed by atoms with van der Waals surface area (Å²) in [6.45, 7) is 3.98. The van der Waals surface area contributed by atoms with Gasteiger partial charge in [0, 0.05) is 18.2 Å². The van der Waals surface area contributed by atoms with E-state index in [1.807, 2.05) is 13.8 Å². The van der Waals surface area contributed by atoms with Gasteiger partial charge in [-0.2, -0.15) is 0 Å². The SMILES string of the molecule is CC(C)CC(=O)Nc1ccc(N(C2CC2)S(C)(=O)=O)cc1. The molecule has 0 spiro atoms. The lowest BCUT2D eigenvalue weighted by Gasteiger charge is -2.22. The smallest absolute Gasteiger partial charge is 0.232 e. The van der Waals surface area contributed by atoms with Gasteiger partial charge >= 0.3 is 0 Å². The number of nitrogens with zero attached hydrogens (tertiary/aromatic N) is 1. The van der Waals surface area contributed by atoms with Gasteiger partial charge in [0.2, 0.25) is 15.9 Å². The van der Waals surface area contributed by atoms with Crippen molar-refractivity contribution in [3.05, 3.63) is 24.3 Å². The molecule has 1 saturated carbocycles. The number of anilines is 2. The van der Waals surface area contributed by atoms with E-state index in [0.717, 1.165) is 12.8 Å². The fraction of sp³-hybridized carbons (Fsp3) is 0.533. The number of sulfonamides is 1. The van der Waals surface area contributed by atoms with Crippen LogP contribution in [0.2, 0.25) is 0 Å². The molecule has 1 fully saturated rings. The van der Waals surface area contributed by atoms with E-state index < -0.39 is 10.0 Å².